The molecular weight excluding hydrogens is 477 g/mol. The molecule has 0 radical (unpaired) electrons. The highest BCUT2D eigenvalue weighted by Gasteiger charge is 2.30. The van der Waals surface area contributed by atoms with Crippen LogP contribution in [0.2, 0.25) is 5.02 Å². The van der Waals surface area contributed by atoms with Crippen molar-refractivity contribution >= 4 is 11.6 Å². The van der Waals surface area contributed by atoms with Gasteiger partial charge in [0.05, 0.1) is 33.4 Å². The van der Waals surface area contributed by atoms with Gasteiger partial charge in [-0.15, -0.1) is 0 Å². The summed E-state index contributed by atoms with van der Waals surface area (Å²) in [6.07, 6.45) is -0.0451. The number of aryl methyl sites for hydroxylation is 1. The van der Waals surface area contributed by atoms with Gasteiger partial charge in [0.1, 0.15) is 6.33 Å². The highest BCUT2D eigenvalue weighted by molar-refractivity contribution is 6.31. The molecule has 0 saturated heterocycles. The summed E-state index contributed by atoms with van der Waals surface area (Å²) < 4.78 is 42.7. The Labute approximate surface area is 205 Å². The molecule has 0 spiro atoms. The molecular formula is C25H24ClF3N6. The second kappa shape index (κ2) is 8.78. The normalized spacial score (nSPS) is 14.0. The van der Waals surface area contributed by atoms with Gasteiger partial charge in [-0.25, -0.2) is 14.6 Å². The molecule has 1 fully saturated rings. The van der Waals surface area contributed by atoms with E-state index in [1.165, 1.54) is 18.5 Å². The number of alkyl halides is 3. The summed E-state index contributed by atoms with van der Waals surface area (Å²) in [4.78, 5) is 8.83. The molecule has 10 heteroatoms. The predicted molar refractivity (Wildman–Crippen MR) is 127 cm³/mol. The zero-order valence-corrected chi connectivity index (χ0v) is 20.3. The van der Waals surface area contributed by atoms with Gasteiger partial charge in [0.2, 0.25) is 0 Å². The predicted octanol–water partition coefficient (Wildman–Crippen LogP) is 6.12. The molecule has 0 unspecified atom stereocenters. The summed E-state index contributed by atoms with van der Waals surface area (Å²) in [7, 11) is 0. The second-order valence-corrected chi connectivity index (χ2v) is 9.44. The fraction of sp³-hybridized carbons (Fsp3) is 0.360. The van der Waals surface area contributed by atoms with Crippen LogP contribution in [-0.2, 0) is 19.1 Å². The van der Waals surface area contributed by atoms with Crippen molar-refractivity contribution in [2.45, 2.75) is 52.8 Å². The van der Waals surface area contributed by atoms with E-state index >= 15 is 0 Å². The van der Waals surface area contributed by atoms with Crippen molar-refractivity contribution in [2.75, 3.05) is 0 Å². The summed E-state index contributed by atoms with van der Waals surface area (Å²) >= 11 is 6.31. The van der Waals surface area contributed by atoms with Crippen molar-refractivity contribution in [3.8, 4) is 17.1 Å². The van der Waals surface area contributed by atoms with Crippen LogP contribution in [0.25, 0.3) is 17.1 Å². The van der Waals surface area contributed by atoms with E-state index in [0.717, 1.165) is 59.9 Å². The summed E-state index contributed by atoms with van der Waals surface area (Å²) in [6, 6.07) is 7.05. The van der Waals surface area contributed by atoms with Crippen LogP contribution in [0.5, 0.6) is 0 Å². The van der Waals surface area contributed by atoms with Crippen LogP contribution in [-0.4, -0.2) is 29.5 Å². The first-order valence-electron chi connectivity index (χ1n) is 11.4. The minimum Gasteiger partial charge on any atom is -0.268 e. The molecule has 1 aliphatic rings. The molecule has 3 heterocycles. The molecule has 35 heavy (non-hydrogen) atoms. The minimum atomic E-state index is -4.37. The monoisotopic (exact) mass is 500 g/mol. The highest BCUT2D eigenvalue weighted by Crippen LogP contribution is 2.35. The molecule has 0 amide bonds. The number of aromatic nitrogens is 6. The Bertz CT molecular complexity index is 1380. The topological polar surface area (TPSA) is 61.4 Å². The lowest BCUT2D eigenvalue weighted by Gasteiger charge is -2.09. The molecule has 182 valence electrons. The van der Waals surface area contributed by atoms with Gasteiger partial charge < -0.3 is 0 Å². The number of hydrogen-bond acceptors (Lipinski definition) is 4. The molecule has 1 aliphatic carbocycles. The Kier molecular flexibility index (Phi) is 5.91. The van der Waals surface area contributed by atoms with E-state index < -0.39 is 11.7 Å². The number of benzene rings is 1. The quantitative estimate of drug-likeness (QED) is 0.320. The largest absolute Gasteiger partial charge is 0.416 e. The Morgan fingerprint density at radius 2 is 1.74 bits per heavy atom. The maximum absolute atomic E-state index is 13.0. The van der Waals surface area contributed by atoms with E-state index in [4.69, 9.17) is 16.7 Å². The van der Waals surface area contributed by atoms with Crippen LogP contribution in [0, 0.1) is 26.7 Å². The zero-order chi connectivity index (χ0) is 24.9. The molecule has 0 atom stereocenters. The van der Waals surface area contributed by atoms with E-state index in [1.54, 1.807) is 4.68 Å². The van der Waals surface area contributed by atoms with Crippen molar-refractivity contribution in [2.24, 2.45) is 5.92 Å². The van der Waals surface area contributed by atoms with Gasteiger partial charge in [0, 0.05) is 30.3 Å². The molecule has 3 aromatic heterocycles. The SMILES string of the molecule is Cc1nn(-c2cc(Cc3c(C)c(-c4ccc(C(F)(F)F)cc4)nn3CC3CC3)ncn2)c(C)c1Cl. The van der Waals surface area contributed by atoms with Crippen LogP contribution in [0.3, 0.4) is 0 Å². The van der Waals surface area contributed by atoms with Crippen molar-refractivity contribution in [3.05, 3.63) is 75.6 Å². The summed E-state index contributed by atoms with van der Waals surface area (Å²) in [5, 5.41) is 9.89. The van der Waals surface area contributed by atoms with Crippen LogP contribution in [0.15, 0.2) is 36.7 Å². The van der Waals surface area contributed by atoms with Gasteiger partial charge in [-0.1, -0.05) is 23.7 Å². The van der Waals surface area contributed by atoms with Gasteiger partial charge in [0.25, 0.3) is 0 Å². The van der Waals surface area contributed by atoms with Crippen molar-refractivity contribution in [1.82, 2.24) is 29.5 Å². The van der Waals surface area contributed by atoms with Gasteiger partial charge >= 0.3 is 6.18 Å². The first-order valence-corrected chi connectivity index (χ1v) is 11.8. The Morgan fingerprint density at radius 1 is 1.03 bits per heavy atom. The van der Waals surface area contributed by atoms with Gasteiger partial charge in [-0.2, -0.15) is 23.4 Å². The van der Waals surface area contributed by atoms with Gasteiger partial charge in [0.15, 0.2) is 5.82 Å². The van der Waals surface area contributed by atoms with Crippen LogP contribution >= 0.6 is 11.6 Å². The third-order valence-electron chi connectivity index (χ3n) is 6.41. The van der Waals surface area contributed by atoms with Gasteiger partial charge in [-0.3, -0.25) is 4.68 Å². The van der Waals surface area contributed by atoms with E-state index in [-0.39, 0.29) is 0 Å². The second-order valence-electron chi connectivity index (χ2n) is 9.06. The molecule has 1 saturated carbocycles. The number of hydrogen-bond donors (Lipinski definition) is 0. The van der Waals surface area contributed by atoms with E-state index in [2.05, 4.69) is 15.1 Å². The Hall–Kier alpha value is -3.20. The third-order valence-corrected chi connectivity index (χ3v) is 6.96. The summed E-state index contributed by atoms with van der Waals surface area (Å²) in [6.45, 7) is 6.47. The number of rotatable bonds is 6. The number of halogens is 4. The zero-order valence-electron chi connectivity index (χ0n) is 19.6. The average molecular weight is 501 g/mol. The smallest absolute Gasteiger partial charge is 0.268 e. The summed E-state index contributed by atoms with van der Waals surface area (Å²) in [5.41, 5.74) is 4.91. The average Bonchev–Trinajstić information content (AvgIpc) is 3.55. The fourth-order valence-corrected chi connectivity index (χ4v) is 4.33. The molecule has 6 nitrogen and oxygen atoms in total. The Balaban J connectivity index is 1.50. The first kappa shape index (κ1) is 23.5. The summed E-state index contributed by atoms with van der Waals surface area (Å²) in [5.74, 6) is 1.20. The van der Waals surface area contributed by atoms with E-state index in [1.807, 2.05) is 31.5 Å². The van der Waals surface area contributed by atoms with E-state index in [0.29, 0.717) is 34.4 Å². The molecule has 1 aromatic carbocycles. The lowest BCUT2D eigenvalue weighted by Crippen LogP contribution is -2.10. The lowest BCUT2D eigenvalue weighted by molar-refractivity contribution is -0.137. The highest BCUT2D eigenvalue weighted by atomic mass is 35.5. The van der Waals surface area contributed by atoms with Crippen LogP contribution < -0.4 is 0 Å². The van der Waals surface area contributed by atoms with Crippen LogP contribution in [0.1, 0.15) is 46.7 Å². The molecule has 0 bridgehead atoms. The van der Waals surface area contributed by atoms with Crippen molar-refractivity contribution in [3.63, 3.8) is 0 Å². The molecule has 0 aliphatic heterocycles. The maximum atomic E-state index is 13.0. The minimum absolute atomic E-state index is 0.509. The lowest BCUT2D eigenvalue weighted by atomic mass is 10.0. The van der Waals surface area contributed by atoms with Crippen LogP contribution in [0.4, 0.5) is 13.2 Å². The van der Waals surface area contributed by atoms with E-state index in [9.17, 15) is 13.2 Å². The van der Waals surface area contributed by atoms with Crippen molar-refractivity contribution < 1.29 is 13.2 Å². The maximum Gasteiger partial charge on any atom is 0.416 e. The van der Waals surface area contributed by atoms with Gasteiger partial charge in [-0.05, 0) is 57.2 Å². The number of nitrogens with zero attached hydrogens (tertiary/aromatic N) is 6. The first-order chi connectivity index (χ1) is 16.6. The molecule has 4 aromatic rings. The Morgan fingerprint density at radius 3 is 2.34 bits per heavy atom. The van der Waals surface area contributed by atoms with Crippen molar-refractivity contribution in [1.29, 1.82) is 0 Å². The molecule has 5 rings (SSSR count). The molecule has 0 N–H and O–H groups in total. The third kappa shape index (κ3) is 4.69. The standard InChI is InChI=1S/C25H24ClF3N6/c1-14-21(10-20-11-22(31-13-30-20)35-16(3)23(26)15(2)32-35)34(12-17-4-5-17)33-24(14)18-6-8-19(9-7-18)25(27,28)29/h6-9,11,13,17H,4-5,10,12H2,1-3H3. The fourth-order valence-electron chi connectivity index (χ4n) is 4.21.